The number of nitrogens with one attached hydrogen (secondary N) is 2. The summed E-state index contributed by atoms with van der Waals surface area (Å²) in [4.78, 5) is 0. The van der Waals surface area contributed by atoms with Gasteiger partial charge in [-0.2, -0.15) is 30.7 Å². The molecule has 3 nitrogen and oxygen atoms in total. The van der Waals surface area contributed by atoms with Gasteiger partial charge in [0.15, 0.2) is 0 Å². The van der Waals surface area contributed by atoms with Crippen LogP contribution in [0, 0.1) is 0 Å². The van der Waals surface area contributed by atoms with Crippen molar-refractivity contribution in [2.24, 2.45) is 4.74 Å². The normalized spacial score (nSPS) is 12.8. The molecule has 0 bridgehead atoms. The predicted molar refractivity (Wildman–Crippen MR) is 112 cm³/mol. The summed E-state index contributed by atoms with van der Waals surface area (Å²) in [6, 6.07) is 20.6. The number of para-hydroxylation sites is 2. The minimum absolute atomic E-state index is 0.110. The maximum absolute atomic E-state index is 15.4. The first kappa shape index (κ1) is 23.7. The average Bonchev–Trinajstić information content (AvgIpc) is 2.75. The van der Waals surface area contributed by atoms with E-state index in [9.17, 15) is 22.0 Å². The maximum atomic E-state index is 15.4. The molecule has 32 heavy (non-hydrogen) atoms. The smallest absolute Gasteiger partial charge is 0.332 e. The van der Waals surface area contributed by atoms with Gasteiger partial charge in [-0.15, -0.1) is 0 Å². The molecule has 0 atom stereocenters. The van der Waals surface area contributed by atoms with E-state index in [0.717, 1.165) is 0 Å². The summed E-state index contributed by atoms with van der Waals surface area (Å²) >= 11 is 0. The third kappa shape index (κ3) is 4.60. The molecule has 0 saturated heterocycles. The number of anilines is 2. The van der Waals surface area contributed by atoms with Crippen molar-refractivity contribution in [3.8, 4) is 0 Å². The fourth-order valence-electron chi connectivity index (χ4n) is 2.72. The molecule has 0 aliphatic carbocycles. The van der Waals surface area contributed by atoms with E-state index in [0.29, 0.717) is 0 Å². The maximum Gasteiger partial charge on any atom is 0.460 e. The molecule has 170 valence electrons. The highest BCUT2D eigenvalue weighted by atomic mass is 31.2. The molecule has 0 aliphatic heterocycles. The van der Waals surface area contributed by atoms with Crippen LogP contribution in [0.25, 0.3) is 0 Å². The molecule has 0 saturated carbocycles. The molecule has 11 heteroatoms. The number of nitrogens with zero attached hydrogens (tertiary/aromatic N) is 1. The molecule has 0 amide bonds. The Labute approximate surface area is 179 Å². The van der Waals surface area contributed by atoms with Crippen LogP contribution in [0.15, 0.2) is 95.7 Å². The number of hydrogen-bond acceptors (Lipinski definition) is 1. The first-order valence-electron chi connectivity index (χ1n) is 9.15. The van der Waals surface area contributed by atoms with Crippen molar-refractivity contribution in [3.05, 3.63) is 91.0 Å². The van der Waals surface area contributed by atoms with Gasteiger partial charge in [-0.1, -0.05) is 54.6 Å². The van der Waals surface area contributed by atoms with Crippen LogP contribution in [0.5, 0.6) is 0 Å². The minimum atomic E-state index is -6.52. The third-order valence-electron chi connectivity index (χ3n) is 4.29. The lowest BCUT2D eigenvalue weighted by atomic mass is 10.3. The third-order valence-corrected chi connectivity index (χ3v) is 7.08. The van der Waals surface area contributed by atoms with Gasteiger partial charge in [0, 0.05) is 11.4 Å². The van der Waals surface area contributed by atoms with E-state index in [1.54, 1.807) is 0 Å². The van der Waals surface area contributed by atoms with Crippen LogP contribution in [-0.4, -0.2) is 17.8 Å². The van der Waals surface area contributed by atoms with E-state index in [4.69, 9.17) is 0 Å². The van der Waals surface area contributed by atoms with Crippen LogP contribution < -0.4 is 10.2 Å². The van der Waals surface area contributed by atoms with Crippen LogP contribution in [0.1, 0.15) is 0 Å². The molecular weight excluding hydrogens is 458 g/mol. The van der Waals surface area contributed by atoms with Crippen molar-refractivity contribution in [3.63, 3.8) is 0 Å². The first-order valence-corrected chi connectivity index (χ1v) is 10.9. The van der Waals surface area contributed by atoms with Gasteiger partial charge < -0.3 is 10.2 Å². The first-order chi connectivity index (χ1) is 15.0. The second kappa shape index (κ2) is 8.86. The van der Waals surface area contributed by atoms with Crippen LogP contribution in [0.3, 0.4) is 0 Å². The summed E-state index contributed by atoms with van der Waals surface area (Å²) in [5.74, 6) is -6.39. The number of halogens is 7. The molecule has 2 N–H and O–H groups in total. The second-order valence-electron chi connectivity index (χ2n) is 6.64. The zero-order valence-electron chi connectivity index (χ0n) is 16.2. The monoisotopic (exact) mass is 475 g/mol. The van der Waals surface area contributed by atoms with Crippen molar-refractivity contribution in [2.45, 2.75) is 17.8 Å². The van der Waals surface area contributed by atoms with E-state index in [-0.39, 0.29) is 17.1 Å². The number of rotatable bonds is 7. The molecule has 3 rings (SSSR count). The van der Waals surface area contributed by atoms with Crippen molar-refractivity contribution >= 4 is 24.4 Å². The van der Waals surface area contributed by atoms with Crippen LogP contribution in [-0.2, 0) is 0 Å². The molecule has 0 aliphatic rings. The summed E-state index contributed by atoms with van der Waals surface area (Å²) in [6.07, 6.45) is -6.52. The fourth-order valence-corrected chi connectivity index (χ4v) is 5.34. The summed E-state index contributed by atoms with van der Waals surface area (Å²) in [6.45, 7) is 0. The number of alkyl halides is 7. The van der Waals surface area contributed by atoms with Crippen LogP contribution >= 0.6 is 7.36 Å². The van der Waals surface area contributed by atoms with Gasteiger partial charge in [0.2, 0.25) is 7.36 Å². The molecule has 0 aromatic heterocycles. The van der Waals surface area contributed by atoms with E-state index < -0.39 is 25.1 Å². The zero-order chi connectivity index (χ0) is 23.5. The Kier molecular flexibility index (Phi) is 6.55. The molecular formula is C21H17F7N3P. The van der Waals surface area contributed by atoms with Gasteiger partial charge in [-0.3, -0.25) is 0 Å². The van der Waals surface area contributed by atoms with E-state index in [1.807, 2.05) is 0 Å². The summed E-state index contributed by atoms with van der Waals surface area (Å²) in [5, 5.41) is 4.42. The van der Waals surface area contributed by atoms with Gasteiger partial charge >= 0.3 is 17.8 Å². The average molecular weight is 475 g/mol. The lowest BCUT2D eigenvalue weighted by molar-refractivity contribution is -0.332. The van der Waals surface area contributed by atoms with Gasteiger partial charge in [-0.05, 0) is 36.4 Å². The molecule has 3 aromatic carbocycles. The highest BCUT2D eigenvalue weighted by Gasteiger charge is 2.78. The minimum Gasteiger partial charge on any atom is -0.332 e. The Morgan fingerprint density at radius 1 is 0.562 bits per heavy atom. The van der Waals surface area contributed by atoms with E-state index >= 15 is 8.78 Å². The second-order valence-corrected chi connectivity index (χ2v) is 9.12. The Bertz CT molecular complexity index is 1030. The van der Waals surface area contributed by atoms with E-state index in [1.165, 1.54) is 91.0 Å². The Balaban J connectivity index is 2.33. The topological polar surface area (TPSA) is 36.4 Å². The quantitative estimate of drug-likeness (QED) is 0.266. The standard InChI is InChI=1S/C21H17F7N3P/c22-19(23,20(24,25)26)21(27,28)32(29-16-10-4-1-5-11-16,30-17-12-6-2-7-13-17)31-18-14-8-3-9-15-18/h1-15,29-30H. The summed E-state index contributed by atoms with van der Waals surface area (Å²) in [5.41, 5.74) is -6.10. The number of hydrogen-bond donors (Lipinski definition) is 2. The van der Waals surface area contributed by atoms with Gasteiger partial charge in [-0.25, -0.2) is 4.74 Å². The zero-order valence-corrected chi connectivity index (χ0v) is 17.1. The van der Waals surface area contributed by atoms with E-state index in [2.05, 4.69) is 14.9 Å². The largest absolute Gasteiger partial charge is 0.460 e. The fraction of sp³-hybridized carbons (Fsp3) is 0.143. The van der Waals surface area contributed by atoms with Crippen LogP contribution in [0.2, 0.25) is 0 Å². The number of benzene rings is 3. The highest BCUT2D eigenvalue weighted by molar-refractivity contribution is 7.70. The Morgan fingerprint density at radius 2 is 0.938 bits per heavy atom. The molecule has 0 radical (unpaired) electrons. The Morgan fingerprint density at radius 3 is 1.31 bits per heavy atom. The Hall–Kier alpha value is -3.00. The highest BCUT2D eigenvalue weighted by Crippen LogP contribution is 2.70. The molecule has 0 fully saturated rings. The lowest BCUT2D eigenvalue weighted by Crippen LogP contribution is -2.53. The predicted octanol–water partition coefficient (Wildman–Crippen LogP) is 8.36. The lowest BCUT2D eigenvalue weighted by Gasteiger charge is -2.39. The molecule has 0 heterocycles. The van der Waals surface area contributed by atoms with Crippen molar-refractivity contribution in [2.75, 3.05) is 10.2 Å². The van der Waals surface area contributed by atoms with Crippen LogP contribution in [0.4, 0.5) is 47.8 Å². The summed E-state index contributed by atoms with van der Waals surface area (Å²) < 4.78 is 103. The van der Waals surface area contributed by atoms with Gasteiger partial charge in [0.1, 0.15) is 0 Å². The van der Waals surface area contributed by atoms with Crippen molar-refractivity contribution in [1.29, 1.82) is 0 Å². The molecule has 0 spiro atoms. The van der Waals surface area contributed by atoms with Gasteiger partial charge in [0.05, 0.1) is 5.69 Å². The molecule has 3 aromatic rings. The molecule has 0 unspecified atom stereocenters. The van der Waals surface area contributed by atoms with Crippen molar-refractivity contribution < 1.29 is 30.7 Å². The van der Waals surface area contributed by atoms with Crippen molar-refractivity contribution in [1.82, 2.24) is 0 Å². The van der Waals surface area contributed by atoms with Gasteiger partial charge in [0.25, 0.3) is 0 Å². The summed E-state index contributed by atoms with van der Waals surface area (Å²) in [7, 11) is -5.26. The SMILES string of the molecule is FC(F)(F)C(F)(F)C(F)(F)P(=Nc1ccccc1)(Nc1ccccc1)Nc1ccccc1.